The molecule has 8 heteroatoms. The predicted octanol–water partition coefficient (Wildman–Crippen LogP) is 1.31. The standard InChI is InChI=1S/C22H27N3O4.ClH/c1-2-13-3-5-14(6-4-13)15-11-23-9-10-24(15)18(26)12-25-21(27)19-16-7-8-17(29-16)20(19)22(25)28;/h3-6,15-17,19-20,23H,2,7-12H2,1H3;1H. The van der Waals surface area contributed by atoms with Gasteiger partial charge in [0.15, 0.2) is 0 Å². The van der Waals surface area contributed by atoms with Crippen LogP contribution in [0.5, 0.6) is 0 Å². The minimum absolute atomic E-state index is 0. The van der Waals surface area contributed by atoms with Gasteiger partial charge in [0.05, 0.1) is 30.1 Å². The Morgan fingerprint density at radius 1 is 1.10 bits per heavy atom. The molecule has 0 aromatic heterocycles. The number of rotatable bonds is 4. The molecule has 0 radical (unpaired) electrons. The van der Waals surface area contributed by atoms with Gasteiger partial charge in [0.2, 0.25) is 17.7 Å². The maximum absolute atomic E-state index is 13.2. The minimum Gasteiger partial charge on any atom is -0.373 e. The van der Waals surface area contributed by atoms with Gasteiger partial charge in [-0.05, 0) is 30.4 Å². The monoisotopic (exact) mass is 433 g/mol. The fourth-order valence-corrected chi connectivity index (χ4v) is 5.43. The third-order valence-corrected chi connectivity index (χ3v) is 7.01. The van der Waals surface area contributed by atoms with Gasteiger partial charge in [0.25, 0.3) is 0 Å². The van der Waals surface area contributed by atoms with Crippen LogP contribution in [0.2, 0.25) is 0 Å². The Hall–Kier alpha value is -1.96. The van der Waals surface area contributed by atoms with Gasteiger partial charge < -0.3 is 15.0 Å². The van der Waals surface area contributed by atoms with E-state index in [0.29, 0.717) is 19.6 Å². The number of benzene rings is 1. The summed E-state index contributed by atoms with van der Waals surface area (Å²) < 4.78 is 5.77. The number of amides is 3. The number of likely N-dealkylation sites (tertiary alicyclic amines) is 1. The molecule has 1 N–H and O–H groups in total. The zero-order valence-corrected chi connectivity index (χ0v) is 17.9. The van der Waals surface area contributed by atoms with E-state index in [0.717, 1.165) is 24.8 Å². The summed E-state index contributed by atoms with van der Waals surface area (Å²) >= 11 is 0. The lowest BCUT2D eigenvalue weighted by Gasteiger charge is -2.37. The summed E-state index contributed by atoms with van der Waals surface area (Å²) in [6, 6.07) is 8.24. The second kappa shape index (κ2) is 8.29. The van der Waals surface area contributed by atoms with E-state index >= 15 is 0 Å². The highest BCUT2D eigenvalue weighted by Gasteiger charge is 2.62. The van der Waals surface area contributed by atoms with Crippen LogP contribution in [0.15, 0.2) is 24.3 Å². The van der Waals surface area contributed by atoms with Gasteiger partial charge in [-0.3, -0.25) is 19.3 Å². The van der Waals surface area contributed by atoms with Crippen LogP contribution in [0.1, 0.15) is 36.9 Å². The fourth-order valence-electron chi connectivity index (χ4n) is 5.43. The van der Waals surface area contributed by atoms with Crippen LogP contribution in [-0.4, -0.2) is 65.9 Å². The normalized spacial score (nSPS) is 32.4. The lowest BCUT2D eigenvalue weighted by Crippen LogP contribution is -2.52. The zero-order valence-electron chi connectivity index (χ0n) is 17.1. The third kappa shape index (κ3) is 3.33. The highest BCUT2D eigenvalue weighted by atomic mass is 35.5. The molecule has 0 aliphatic carbocycles. The van der Waals surface area contributed by atoms with E-state index in [9.17, 15) is 14.4 Å². The lowest BCUT2D eigenvalue weighted by atomic mass is 9.81. The van der Waals surface area contributed by atoms with E-state index < -0.39 is 0 Å². The molecule has 4 aliphatic heterocycles. The van der Waals surface area contributed by atoms with E-state index in [-0.39, 0.29) is 66.8 Å². The number of carbonyl (C=O) groups is 3. The number of ether oxygens (including phenoxy) is 1. The number of carbonyl (C=O) groups excluding carboxylic acids is 3. The number of piperazine rings is 1. The maximum Gasteiger partial charge on any atom is 0.243 e. The van der Waals surface area contributed by atoms with Crippen molar-refractivity contribution in [3.63, 3.8) is 0 Å². The van der Waals surface area contributed by atoms with E-state index in [2.05, 4.69) is 36.5 Å². The topological polar surface area (TPSA) is 79.0 Å². The van der Waals surface area contributed by atoms with Gasteiger partial charge in [-0.2, -0.15) is 0 Å². The second-order valence-electron chi connectivity index (χ2n) is 8.51. The van der Waals surface area contributed by atoms with Crippen LogP contribution in [0, 0.1) is 11.8 Å². The first-order valence-corrected chi connectivity index (χ1v) is 10.7. The summed E-state index contributed by atoms with van der Waals surface area (Å²) in [4.78, 5) is 41.9. The minimum atomic E-state index is -0.380. The van der Waals surface area contributed by atoms with Crippen LogP contribution in [-0.2, 0) is 25.5 Å². The van der Waals surface area contributed by atoms with Crippen molar-refractivity contribution in [3.8, 4) is 0 Å². The summed E-state index contributed by atoms with van der Waals surface area (Å²) in [7, 11) is 0. The first-order chi connectivity index (χ1) is 14.1. The molecular formula is C22H28ClN3O4. The van der Waals surface area contributed by atoms with E-state index in [1.165, 1.54) is 10.5 Å². The molecule has 1 aromatic carbocycles. The van der Waals surface area contributed by atoms with Gasteiger partial charge in [0, 0.05) is 19.6 Å². The number of halogens is 1. The van der Waals surface area contributed by atoms with Crippen LogP contribution in [0.3, 0.4) is 0 Å². The molecule has 4 aliphatic rings. The number of hydrogen-bond donors (Lipinski definition) is 1. The van der Waals surface area contributed by atoms with Crippen LogP contribution >= 0.6 is 12.4 Å². The van der Waals surface area contributed by atoms with Gasteiger partial charge in [0.1, 0.15) is 6.54 Å². The summed E-state index contributed by atoms with van der Waals surface area (Å²) in [5, 5.41) is 3.35. The van der Waals surface area contributed by atoms with Crippen molar-refractivity contribution in [1.29, 1.82) is 0 Å². The number of fused-ring (bicyclic) bond motifs is 5. The maximum atomic E-state index is 13.2. The van der Waals surface area contributed by atoms with Crippen LogP contribution in [0.25, 0.3) is 0 Å². The molecule has 7 nitrogen and oxygen atoms in total. The first kappa shape index (κ1) is 21.3. The molecule has 4 heterocycles. The molecule has 0 spiro atoms. The SMILES string of the molecule is CCc1ccc(C2CNCCN2C(=O)CN2C(=O)C3C4CCC(O4)C3C2=O)cc1.Cl. The number of imide groups is 1. The van der Waals surface area contributed by atoms with Crippen molar-refractivity contribution in [2.75, 3.05) is 26.2 Å². The van der Waals surface area contributed by atoms with Crippen molar-refractivity contribution in [2.24, 2.45) is 11.8 Å². The molecule has 30 heavy (non-hydrogen) atoms. The van der Waals surface area contributed by atoms with Crippen LogP contribution in [0.4, 0.5) is 0 Å². The van der Waals surface area contributed by atoms with Crippen molar-refractivity contribution in [3.05, 3.63) is 35.4 Å². The number of nitrogens with zero attached hydrogens (tertiary/aromatic N) is 2. The summed E-state index contributed by atoms with van der Waals surface area (Å²) in [6.07, 6.45) is 2.34. The first-order valence-electron chi connectivity index (χ1n) is 10.7. The van der Waals surface area contributed by atoms with E-state index in [4.69, 9.17) is 4.74 Å². The number of hydrogen-bond acceptors (Lipinski definition) is 5. The van der Waals surface area contributed by atoms with Crippen LogP contribution < -0.4 is 5.32 Å². The molecule has 5 atom stereocenters. The van der Waals surface area contributed by atoms with Gasteiger partial charge in [-0.25, -0.2) is 0 Å². The van der Waals surface area contributed by atoms with Crippen molar-refractivity contribution >= 4 is 30.1 Å². The van der Waals surface area contributed by atoms with Gasteiger partial charge in [-0.1, -0.05) is 31.2 Å². The highest BCUT2D eigenvalue weighted by molar-refractivity contribution is 6.08. The van der Waals surface area contributed by atoms with Gasteiger partial charge in [-0.15, -0.1) is 12.4 Å². The van der Waals surface area contributed by atoms with Crippen molar-refractivity contribution < 1.29 is 19.1 Å². The van der Waals surface area contributed by atoms with Crippen molar-refractivity contribution in [1.82, 2.24) is 15.1 Å². The Labute approximate surface area is 182 Å². The molecule has 5 rings (SSSR count). The Morgan fingerprint density at radius 3 is 2.33 bits per heavy atom. The Morgan fingerprint density at radius 2 is 1.73 bits per heavy atom. The largest absolute Gasteiger partial charge is 0.373 e. The zero-order chi connectivity index (χ0) is 20.1. The van der Waals surface area contributed by atoms with Gasteiger partial charge >= 0.3 is 0 Å². The molecular weight excluding hydrogens is 406 g/mol. The quantitative estimate of drug-likeness (QED) is 0.724. The summed E-state index contributed by atoms with van der Waals surface area (Å²) in [6.45, 7) is 3.90. The molecule has 1 aromatic rings. The Balaban J connectivity index is 0.00000218. The lowest BCUT2D eigenvalue weighted by molar-refractivity contribution is -0.149. The second-order valence-corrected chi connectivity index (χ2v) is 8.51. The summed E-state index contributed by atoms with van der Waals surface area (Å²) in [5.41, 5.74) is 2.33. The van der Waals surface area contributed by atoms with E-state index in [1.807, 2.05) is 4.90 Å². The molecule has 2 bridgehead atoms. The van der Waals surface area contributed by atoms with Crippen molar-refractivity contribution in [2.45, 2.75) is 44.4 Å². The predicted molar refractivity (Wildman–Crippen MR) is 112 cm³/mol. The molecule has 4 saturated heterocycles. The Kier molecular flexibility index (Phi) is 5.88. The smallest absolute Gasteiger partial charge is 0.243 e. The highest BCUT2D eigenvalue weighted by Crippen LogP contribution is 2.48. The average Bonchev–Trinajstić information content (AvgIpc) is 3.44. The number of aryl methyl sites for hydroxylation is 1. The number of nitrogens with one attached hydrogen (secondary N) is 1. The molecule has 4 fully saturated rings. The van der Waals surface area contributed by atoms with E-state index in [1.54, 1.807) is 0 Å². The Bertz CT molecular complexity index is 817. The molecule has 5 unspecified atom stereocenters. The molecule has 3 amide bonds. The molecule has 162 valence electrons. The third-order valence-electron chi connectivity index (χ3n) is 7.01. The summed E-state index contributed by atoms with van der Waals surface area (Å²) in [5.74, 6) is -1.37. The average molecular weight is 434 g/mol. The molecule has 0 saturated carbocycles. The fraction of sp³-hybridized carbons (Fsp3) is 0.591.